The van der Waals surface area contributed by atoms with E-state index in [2.05, 4.69) is 10.6 Å². The van der Waals surface area contributed by atoms with Crippen LogP contribution in [0.25, 0.3) is 0 Å². The molecule has 9 nitrogen and oxygen atoms in total. The predicted molar refractivity (Wildman–Crippen MR) is 115 cm³/mol. The number of nitrogens with two attached hydrogens (primary N) is 3. The summed E-state index contributed by atoms with van der Waals surface area (Å²) in [5, 5.41) is 14.7. The summed E-state index contributed by atoms with van der Waals surface area (Å²) >= 11 is 0. The fourth-order valence-electron chi connectivity index (χ4n) is 3.00. The van der Waals surface area contributed by atoms with Gasteiger partial charge in [0.15, 0.2) is 0 Å². The molecule has 0 fully saturated rings. The number of hydrogen-bond acceptors (Lipinski definition) is 6. The number of carboxylic acids is 1. The zero-order valence-corrected chi connectivity index (χ0v) is 17.4. The Morgan fingerprint density at radius 3 is 1.97 bits per heavy atom. The van der Waals surface area contributed by atoms with Crippen molar-refractivity contribution in [1.29, 1.82) is 0 Å². The molecule has 0 aliphatic rings. The van der Waals surface area contributed by atoms with Crippen LogP contribution < -0.4 is 27.8 Å². The highest BCUT2D eigenvalue weighted by atomic mass is 16.4. The molecule has 1 aromatic carbocycles. The SMILES string of the molecule is NCCCC[C@H](NC(=O)[C@@H](N)CCCCN)C(=O)N[C@@H](Cc1ccccc1)C(=O)O. The van der Waals surface area contributed by atoms with E-state index in [0.717, 1.165) is 12.0 Å². The molecule has 30 heavy (non-hydrogen) atoms. The highest BCUT2D eigenvalue weighted by Crippen LogP contribution is 2.07. The lowest BCUT2D eigenvalue weighted by Gasteiger charge is -2.23. The van der Waals surface area contributed by atoms with Crippen LogP contribution in [0.1, 0.15) is 44.1 Å². The van der Waals surface area contributed by atoms with Gasteiger partial charge in [-0.05, 0) is 50.8 Å². The van der Waals surface area contributed by atoms with E-state index in [1.165, 1.54) is 0 Å². The first-order valence-corrected chi connectivity index (χ1v) is 10.4. The lowest BCUT2D eigenvalue weighted by atomic mass is 10.0. The van der Waals surface area contributed by atoms with E-state index in [1.54, 1.807) is 24.3 Å². The Kier molecular flexibility index (Phi) is 12.3. The Morgan fingerprint density at radius 2 is 1.40 bits per heavy atom. The van der Waals surface area contributed by atoms with E-state index in [-0.39, 0.29) is 6.42 Å². The smallest absolute Gasteiger partial charge is 0.326 e. The number of amides is 2. The monoisotopic (exact) mass is 421 g/mol. The summed E-state index contributed by atoms with van der Waals surface area (Å²) in [5.74, 6) is -2.12. The summed E-state index contributed by atoms with van der Waals surface area (Å²) < 4.78 is 0. The molecule has 0 unspecified atom stereocenters. The molecular weight excluding hydrogens is 386 g/mol. The zero-order chi connectivity index (χ0) is 22.4. The van der Waals surface area contributed by atoms with Gasteiger partial charge in [0.25, 0.3) is 0 Å². The van der Waals surface area contributed by atoms with Gasteiger partial charge in [0.2, 0.25) is 11.8 Å². The summed E-state index contributed by atoms with van der Waals surface area (Å²) in [7, 11) is 0. The second-order valence-electron chi connectivity index (χ2n) is 7.33. The van der Waals surface area contributed by atoms with Gasteiger partial charge in [0.1, 0.15) is 12.1 Å². The maximum Gasteiger partial charge on any atom is 0.326 e. The largest absolute Gasteiger partial charge is 0.480 e. The maximum absolute atomic E-state index is 12.8. The number of nitrogens with one attached hydrogen (secondary N) is 2. The number of carbonyl (C=O) groups excluding carboxylic acids is 2. The van der Waals surface area contributed by atoms with Crippen molar-refractivity contribution in [2.45, 2.75) is 63.1 Å². The summed E-state index contributed by atoms with van der Waals surface area (Å²) in [6, 6.07) is 6.30. The molecule has 0 spiro atoms. The van der Waals surface area contributed by atoms with E-state index in [0.29, 0.717) is 45.2 Å². The van der Waals surface area contributed by atoms with Gasteiger partial charge in [0.05, 0.1) is 6.04 Å². The van der Waals surface area contributed by atoms with Crippen LogP contribution in [0.3, 0.4) is 0 Å². The Bertz CT molecular complexity index is 656. The van der Waals surface area contributed by atoms with Gasteiger partial charge >= 0.3 is 5.97 Å². The molecule has 9 N–H and O–H groups in total. The number of carboxylic acid groups (broad SMARTS) is 1. The first-order valence-electron chi connectivity index (χ1n) is 10.4. The molecule has 0 saturated heterocycles. The summed E-state index contributed by atoms with van der Waals surface area (Å²) in [6.07, 6.45) is 3.74. The quantitative estimate of drug-likeness (QED) is 0.214. The predicted octanol–water partition coefficient (Wildman–Crippen LogP) is -0.131. The van der Waals surface area contributed by atoms with Crippen LogP contribution in [0.5, 0.6) is 0 Å². The number of carbonyl (C=O) groups is 3. The molecule has 0 aliphatic heterocycles. The summed E-state index contributed by atoms with van der Waals surface area (Å²) in [5.41, 5.74) is 17.7. The van der Waals surface area contributed by atoms with Crippen molar-refractivity contribution < 1.29 is 19.5 Å². The zero-order valence-electron chi connectivity index (χ0n) is 17.4. The second-order valence-corrected chi connectivity index (χ2v) is 7.33. The molecule has 0 heterocycles. The molecule has 0 bridgehead atoms. The van der Waals surface area contributed by atoms with Gasteiger partial charge in [-0.3, -0.25) is 9.59 Å². The Hall–Kier alpha value is -2.49. The lowest BCUT2D eigenvalue weighted by molar-refractivity contribution is -0.142. The maximum atomic E-state index is 12.8. The highest BCUT2D eigenvalue weighted by Gasteiger charge is 2.27. The third-order valence-electron chi connectivity index (χ3n) is 4.78. The van der Waals surface area contributed by atoms with E-state index < -0.39 is 35.9 Å². The summed E-state index contributed by atoms with van der Waals surface area (Å²) in [6.45, 7) is 0.989. The van der Waals surface area contributed by atoms with Crippen molar-refractivity contribution >= 4 is 17.8 Å². The molecule has 0 saturated carbocycles. The highest BCUT2D eigenvalue weighted by molar-refractivity contribution is 5.91. The minimum Gasteiger partial charge on any atom is -0.480 e. The minimum absolute atomic E-state index is 0.143. The topological polar surface area (TPSA) is 174 Å². The number of benzene rings is 1. The van der Waals surface area contributed by atoms with Gasteiger partial charge in [-0.15, -0.1) is 0 Å². The van der Waals surface area contributed by atoms with Gasteiger partial charge in [-0.2, -0.15) is 0 Å². The van der Waals surface area contributed by atoms with Crippen LogP contribution in [-0.4, -0.2) is 54.1 Å². The first kappa shape index (κ1) is 25.5. The van der Waals surface area contributed by atoms with Gasteiger partial charge in [0, 0.05) is 6.42 Å². The van der Waals surface area contributed by atoms with E-state index in [4.69, 9.17) is 17.2 Å². The number of unbranched alkanes of at least 4 members (excludes halogenated alkanes) is 2. The average molecular weight is 422 g/mol. The number of hydrogen-bond donors (Lipinski definition) is 6. The van der Waals surface area contributed by atoms with Crippen LogP contribution >= 0.6 is 0 Å². The molecule has 2 amide bonds. The van der Waals surface area contributed by atoms with Crippen LogP contribution in [0.15, 0.2) is 30.3 Å². The van der Waals surface area contributed by atoms with Crippen LogP contribution in [0.2, 0.25) is 0 Å². The van der Waals surface area contributed by atoms with Crippen molar-refractivity contribution in [2.24, 2.45) is 17.2 Å². The molecule has 9 heteroatoms. The fourth-order valence-corrected chi connectivity index (χ4v) is 3.00. The van der Waals surface area contributed by atoms with Gasteiger partial charge < -0.3 is 32.9 Å². The minimum atomic E-state index is -1.14. The Morgan fingerprint density at radius 1 is 0.833 bits per heavy atom. The standard InChI is InChI=1S/C21H35N5O4/c22-12-6-4-10-16(24)19(27)25-17(11-5-7-13-23)20(28)26-18(21(29)30)14-15-8-2-1-3-9-15/h1-3,8-9,16-18H,4-7,10-14,22-24H2,(H,25,27)(H,26,28)(H,29,30)/t16-,17-,18-/m0/s1. The first-order chi connectivity index (χ1) is 14.4. The molecule has 1 rings (SSSR count). The van der Waals surface area contributed by atoms with Crippen molar-refractivity contribution in [3.05, 3.63) is 35.9 Å². The number of rotatable bonds is 15. The molecule has 168 valence electrons. The molecule has 1 aromatic rings. The molecule has 0 radical (unpaired) electrons. The summed E-state index contributed by atoms with van der Waals surface area (Å²) in [4.78, 5) is 36.8. The average Bonchev–Trinajstić information content (AvgIpc) is 2.73. The van der Waals surface area contributed by atoms with Crippen molar-refractivity contribution in [3.8, 4) is 0 Å². The Labute approximate surface area is 177 Å². The lowest BCUT2D eigenvalue weighted by Crippen LogP contribution is -2.54. The normalized spacial score (nSPS) is 13.8. The fraction of sp³-hybridized carbons (Fsp3) is 0.571. The number of aliphatic carboxylic acids is 1. The van der Waals surface area contributed by atoms with E-state index in [9.17, 15) is 19.5 Å². The third kappa shape index (κ3) is 9.82. The van der Waals surface area contributed by atoms with Crippen LogP contribution in [0, 0.1) is 0 Å². The van der Waals surface area contributed by atoms with E-state index in [1.807, 2.05) is 6.07 Å². The molecule has 3 atom stereocenters. The van der Waals surface area contributed by atoms with Crippen LogP contribution in [0.4, 0.5) is 0 Å². The van der Waals surface area contributed by atoms with E-state index >= 15 is 0 Å². The van der Waals surface area contributed by atoms with Gasteiger partial charge in [-0.25, -0.2) is 4.79 Å². The van der Waals surface area contributed by atoms with Crippen LogP contribution in [-0.2, 0) is 20.8 Å². The second kappa shape index (κ2) is 14.5. The van der Waals surface area contributed by atoms with Crippen molar-refractivity contribution in [3.63, 3.8) is 0 Å². The van der Waals surface area contributed by atoms with Crippen molar-refractivity contribution in [1.82, 2.24) is 10.6 Å². The molecular formula is C21H35N5O4. The molecule has 0 aliphatic carbocycles. The third-order valence-corrected chi connectivity index (χ3v) is 4.78. The van der Waals surface area contributed by atoms with Crippen molar-refractivity contribution in [2.75, 3.05) is 13.1 Å². The molecule has 0 aromatic heterocycles. The van der Waals surface area contributed by atoms with Gasteiger partial charge in [-0.1, -0.05) is 36.8 Å². The Balaban J connectivity index is 2.77.